The van der Waals surface area contributed by atoms with Gasteiger partial charge in [0, 0.05) is 24.0 Å². The van der Waals surface area contributed by atoms with Gasteiger partial charge in [0.1, 0.15) is 18.2 Å². The highest BCUT2D eigenvalue weighted by molar-refractivity contribution is 7.09. The summed E-state index contributed by atoms with van der Waals surface area (Å²) >= 11 is 1.65. The SMILES string of the molecule is CCn1c(CN(C)C(=O)c2cccc(OCc3cccs3)c2)nc2ccccc21. The molecule has 0 radical (unpaired) electrons. The number of rotatable bonds is 7. The van der Waals surface area contributed by atoms with Gasteiger partial charge in [0.2, 0.25) is 0 Å². The molecule has 0 atom stereocenters. The summed E-state index contributed by atoms with van der Waals surface area (Å²) in [5.74, 6) is 1.52. The van der Waals surface area contributed by atoms with E-state index in [1.54, 1.807) is 29.4 Å². The minimum atomic E-state index is -0.0544. The molecule has 0 aliphatic heterocycles. The van der Waals surface area contributed by atoms with Gasteiger partial charge >= 0.3 is 0 Å². The van der Waals surface area contributed by atoms with E-state index in [1.165, 1.54) is 0 Å². The highest BCUT2D eigenvalue weighted by atomic mass is 32.1. The first-order valence-corrected chi connectivity index (χ1v) is 10.5. The van der Waals surface area contributed by atoms with Crippen molar-refractivity contribution < 1.29 is 9.53 Å². The van der Waals surface area contributed by atoms with Gasteiger partial charge in [-0.1, -0.05) is 24.3 Å². The van der Waals surface area contributed by atoms with Crippen LogP contribution in [0, 0.1) is 0 Å². The van der Waals surface area contributed by atoms with E-state index in [0.29, 0.717) is 24.5 Å². The number of carbonyl (C=O) groups is 1. The molecule has 2 heterocycles. The number of thiophene rings is 1. The van der Waals surface area contributed by atoms with Crippen LogP contribution in [0.3, 0.4) is 0 Å². The van der Waals surface area contributed by atoms with Crippen LogP contribution in [0.25, 0.3) is 11.0 Å². The molecular formula is C23H23N3O2S. The number of fused-ring (bicyclic) bond motifs is 1. The average molecular weight is 406 g/mol. The monoisotopic (exact) mass is 405 g/mol. The highest BCUT2D eigenvalue weighted by Crippen LogP contribution is 2.20. The average Bonchev–Trinajstić information content (AvgIpc) is 3.39. The van der Waals surface area contributed by atoms with Gasteiger partial charge in [-0.2, -0.15) is 0 Å². The van der Waals surface area contributed by atoms with Crippen LogP contribution in [0.4, 0.5) is 0 Å². The Bertz CT molecular complexity index is 1120. The third-order valence-corrected chi connectivity index (χ3v) is 5.67. The maximum absolute atomic E-state index is 13.0. The predicted octanol–water partition coefficient (Wildman–Crippen LogP) is 4.97. The van der Waals surface area contributed by atoms with Crippen molar-refractivity contribution in [3.63, 3.8) is 0 Å². The predicted molar refractivity (Wildman–Crippen MR) is 116 cm³/mol. The summed E-state index contributed by atoms with van der Waals surface area (Å²) in [7, 11) is 1.81. The number of hydrogen-bond donors (Lipinski definition) is 0. The molecule has 1 amide bonds. The van der Waals surface area contributed by atoms with E-state index in [1.807, 2.05) is 53.9 Å². The lowest BCUT2D eigenvalue weighted by atomic mass is 10.2. The normalized spacial score (nSPS) is 11.0. The molecule has 4 aromatic rings. The molecule has 0 fully saturated rings. The fraction of sp³-hybridized carbons (Fsp3) is 0.217. The van der Waals surface area contributed by atoms with Gasteiger partial charge in [-0.05, 0) is 48.7 Å². The van der Waals surface area contributed by atoms with Crippen LogP contribution in [0.1, 0.15) is 28.0 Å². The van der Waals surface area contributed by atoms with Crippen molar-refractivity contribution in [2.45, 2.75) is 26.6 Å². The van der Waals surface area contributed by atoms with Crippen molar-refractivity contribution in [2.24, 2.45) is 0 Å². The Morgan fingerprint density at radius 2 is 2.00 bits per heavy atom. The summed E-state index contributed by atoms with van der Waals surface area (Å²) < 4.78 is 7.99. The van der Waals surface area contributed by atoms with Crippen molar-refractivity contribution >= 4 is 28.3 Å². The minimum absolute atomic E-state index is 0.0544. The molecule has 0 saturated carbocycles. The number of imidazole rings is 1. The maximum Gasteiger partial charge on any atom is 0.254 e. The van der Waals surface area contributed by atoms with Crippen LogP contribution < -0.4 is 4.74 Å². The first-order chi connectivity index (χ1) is 14.2. The number of aryl methyl sites for hydroxylation is 1. The topological polar surface area (TPSA) is 47.4 Å². The molecule has 0 aliphatic carbocycles. The van der Waals surface area contributed by atoms with E-state index in [0.717, 1.165) is 28.3 Å². The molecule has 148 valence electrons. The summed E-state index contributed by atoms with van der Waals surface area (Å²) in [5, 5.41) is 2.03. The fourth-order valence-electron chi connectivity index (χ4n) is 3.37. The lowest BCUT2D eigenvalue weighted by Gasteiger charge is -2.18. The van der Waals surface area contributed by atoms with Crippen molar-refractivity contribution in [3.8, 4) is 5.75 Å². The molecule has 0 aliphatic rings. The summed E-state index contributed by atoms with van der Waals surface area (Å²) in [6.07, 6.45) is 0. The molecule has 4 rings (SSSR count). The quantitative estimate of drug-likeness (QED) is 0.436. The maximum atomic E-state index is 13.0. The molecule has 29 heavy (non-hydrogen) atoms. The van der Waals surface area contributed by atoms with Crippen LogP contribution >= 0.6 is 11.3 Å². The fourth-order valence-corrected chi connectivity index (χ4v) is 3.99. The number of para-hydroxylation sites is 2. The summed E-state index contributed by atoms with van der Waals surface area (Å²) in [4.78, 5) is 20.6. The van der Waals surface area contributed by atoms with Crippen LogP contribution in [-0.2, 0) is 19.7 Å². The van der Waals surface area contributed by atoms with Crippen LogP contribution in [0.5, 0.6) is 5.75 Å². The number of amides is 1. The van der Waals surface area contributed by atoms with Gasteiger partial charge in [0.15, 0.2) is 0 Å². The van der Waals surface area contributed by atoms with E-state index in [4.69, 9.17) is 9.72 Å². The van der Waals surface area contributed by atoms with Crippen molar-refractivity contribution in [1.82, 2.24) is 14.5 Å². The van der Waals surface area contributed by atoms with E-state index in [9.17, 15) is 4.79 Å². The second-order valence-electron chi connectivity index (χ2n) is 6.82. The second kappa shape index (κ2) is 8.49. The zero-order chi connectivity index (χ0) is 20.2. The lowest BCUT2D eigenvalue weighted by Crippen LogP contribution is -2.27. The zero-order valence-electron chi connectivity index (χ0n) is 16.5. The Morgan fingerprint density at radius 3 is 2.79 bits per heavy atom. The third-order valence-electron chi connectivity index (χ3n) is 4.82. The van der Waals surface area contributed by atoms with Crippen molar-refractivity contribution in [1.29, 1.82) is 0 Å². The van der Waals surface area contributed by atoms with E-state index < -0.39 is 0 Å². The molecule has 2 aromatic carbocycles. The van der Waals surface area contributed by atoms with Crippen LogP contribution in [0.15, 0.2) is 66.0 Å². The Labute approximate surface area is 174 Å². The third kappa shape index (κ3) is 4.17. The summed E-state index contributed by atoms with van der Waals surface area (Å²) in [6.45, 7) is 3.85. The molecule has 0 N–H and O–H groups in total. The summed E-state index contributed by atoms with van der Waals surface area (Å²) in [6, 6.07) is 19.4. The van der Waals surface area contributed by atoms with Gasteiger partial charge in [0.25, 0.3) is 5.91 Å². The first-order valence-electron chi connectivity index (χ1n) is 9.60. The summed E-state index contributed by atoms with van der Waals surface area (Å²) in [5.41, 5.74) is 2.65. The van der Waals surface area contributed by atoms with Crippen LogP contribution in [0.2, 0.25) is 0 Å². The zero-order valence-corrected chi connectivity index (χ0v) is 17.4. The number of hydrogen-bond acceptors (Lipinski definition) is 4. The number of nitrogens with zero attached hydrogens (tertiary/aromatic N) is 3. The van der Waals surface area contributed by atoms with E-state index >= 15 is 0 Å². The Hall–Kier alpha value is -3.12. The minimum Gasteiger partial charge on any atom is -0.488 e. The molecule has 5 nitrogen and oxygen atoms in total. The molecule has 2 aromatic heterocycles. The molecule has 0 unspecified atom stereocenters. The number of aromatic nitrogens is 2. The van der Waals surface area contributed by atoms with Gasteiger partial charge in [-0.3, -0.25) is 4.79 Å². The lowest BCUT2D eigenvalue weighted by molar-refractivity contribution is 0.0780. The Kier molecular flexibility index (Phi) is 5.62. The smallest absolute Gasteiger partial charge is 0.254 e. The Balaban J connectivity index is 1.49. The molecule has 0 bridgehead atoms. The largest absolute Gasteiger partial charge is 0.488 e. The van der Waals surface area contributed by atoms with Crippen LogP contribution in [-0.4, -0.2) is 27.4 Å². The van der Waals surface area contributed by atoms with Gasteiger partial charge in [-0.25, -0.2) is 4.98 Å². The number of ether oxygens (including phenoxy) is 1. The molecule has 0 spiro atoms. The molecule has 0 saturated heterocycles. The number of benzene rings is 2. The van der Waals surface area contributed by atoms with E-state index in [2.05, 4.69) is 17.6 Å². The van der Waals surface area contributed by atoms with Gasteiger partial charge in [-0.15, -0.1) is 11.3 Å². The first kappa shape index (κ1) is 19.2. The van der Waals surface area contributed by atoms with Crippen molar-refractivity contribution in [2.75, 3.05) is 7.05 Å². The standard InChI is InChI=1S/C23H23N3O2S/c1-3-26-21-12-5-4-11-20(21)24-22(26)15-25(2)23(27)17-8-6-9-18(14-17)28-16-19-10-7-13-29-19/h4-14H,3,15-16H2,1-2H3. The highest BCUT2D eigenvalue weighted by Gasteiger charge is 2.17. The molecular weight excluding hydrogens is 382 g/mol. The Morgan fingerprint density at radius 1 is 1.14 bits per heavy atom. The van der Waals surface area contributed by atoms with Gasteiger partial charge < -0.3 is 14.2 Å². The number of carbonyl (C=O) groups excluding carboxylic acids is 1. The second-order valence-corrected chi connectivity index (χ2v) is 7.85. The molecule has 6 heteroatoms. The van der Waals surface area contributed by atoms with Crippen molar-refractivity contribution in [3.05, 3.63) is 82.3 Å². The van der Waals surface area contributed by atoms with Gasteiger partial charge in [0.05, 0.1) is 17.6 Å². The van der Waals surface area contributed by atoms with E-state index in [-0.39, 0.29) is 5.91 Å².